The minimum atomic E-state index is -0.0125. The highest BCUT2D eigenvalue weighted by atomic mass is 79.9. The average Bonchev–Trinajstić information content (AvgIpc) is 2.38. The number of aromatic nitrogens is 2. The van der Waals surface area contributed by atoms with Crippen LogP contribution in [-0.2, 0) is 12.8 Å². The first-order valence-corrected chi connectivity index (χ1v) is 7.40. The molecular weight excluding hydrogens is 328 g/mol. The molecule has 0 unspecified atom stereocenters. The van der Waals surface area contributed by atoms with Crippen molar-refractivity contribution in [3.8, 4) is 11.4 Å². The van der Waals surface area contributed by atoms with Crippen molar-refractivity contribution in [2.45, 2.75) is 25.7 Å². The zero-order valence-corrected chi connectivity index (χ0v) is 12.5. The molecule has 1 N–H and O–H groups in total. The third-order valence-electron chi connectivity index (χ3n) is 3.38. The third-order valence-corrected chi connectivity index (χ3v) is 4.27. The molecular formula is C14H12BrClN2O. The van der Waals surface area contributed by atoms with E-state index in [1.807, 2.05) is 6.07 Å². The van der Waals surface area contributed by atoms with Gasteiger partial charge in [0, 0.05) is 20.6 Å². The van der Waals surface area contributed by atoms with E-state index in [0.29, 0.717) is 10.8 Å². The van der Waals surface area contributed by atoms with Gasteiger partial charge >= 0.3 is 0 Å². The van der Waals surface area contributed by atoms with Gasteiger partial charge in [-0.3, -0.25) is 4.79 Å². The number of aryl methyl sites for hydroxylation is 1. The maximum absolute atomic E-state index is 12.1. The summed E-state index contributed by atoms with van der Waals surface area (Å²) in [6.45, 7) is 0. The molecule has 1 heterocycles. The van der Waals surface area contributed by atoms with Crippen LogP contribution in [0.15, 0.2) is 27.5 Å². The van der Waals surface area contributed by atoms with Crippen molar-refractivity contribution < 1.29 is 0 Å². The lowest BCUT2D eigenvalue weighted by atomic mass is 9.97. The Balaban J connectivity index is 2.15. The Labute approximate surface area is 124 Å². The number of H-pyrrole nitrogens is 1. The highest BCUT2D eigenvalue weighted by Gasteiger charge is 2.17. The highest BCUT2D eigenvalue weighted by Crippen LogP contribution is 2.29. The fourth-order valence-corrected chi connectivity index (χ4v) is 3.28. The first kappa shape index (κ1) is 12.9. The number of nitrogens with zero attached hydrogens (tertiary/aromatic N) is 1. The maximum Gasteiger partial charge on any atom is 0.254 e. The van der Waals surface area contributed by atoms with E-state index in [1.165, 1.54) is 0 Å². The summed E-state index contributed by atoms with van der Waals surface area (Å²) < 4.78 is 0.832. The van der Waals surface area contributed by atoms with Crippen molar-refractivity contribution in [1.82, 2.24) is 9.97 Å². The smallest absolute Gasteiger partial charge is 0.254 e. The van der Waals surface area contributed by atoms with E-state index >= 15 is 0 Å². The quantitative estimate of drug-likeness (QED) is 0.860. The van der Waals surface area contributed by atoms with Crippen LogP contribution in [-0.4, -0.2) is 9.97 Å². The lowest BCUT2D eigenvalue weighted by Crippen LogP contribution is -2.21. The molecule has 0 fully saturated rings. The summed E-state index contributed by atoms with van der Waals surface area (Å²) in [6, 6.07) is 5.46. The van der Waals surface area contributed by atoms with Gasteiger partial charge in [-0.1, -0.05) is 11.6 Å². The molecule has 5 heteroatoms. The SMILES string of the molecule is O=c1[nH]c(-c2ccc(Cl)cc2Br)nc2c1CCCC2. The lowest BCUT2D eigenvalue weighted by Gasteiger charge is -2.15. The van der Waals surface area contributed by atoms with Crippen molar-refractivity contribution in [2.24, 2.45) is 0 Å². The van der Waals surface area contributed by atoms with Gasteiger partial charge in [0.1, 0.15) is 5.82 Å². The normalized spacial score (nSPS) is 14.2. The molecule has 1 aliphatic rings. The first-order valence-electron chi connectivity index (χ1n) is 6.22. The topological polar surface area (TPSA) is 45.8 Å². The summed E-state index contributed by atoms with van der Waals surface area (Å²) >= 11 is 9.39. The molecule has 0 saturated heterocycles. The number of fused-ring (bicyclic) bond motifs is 1. The van der Waals surface area contributed by atoms with Gasteiger partial charge < -0.3 is 4.98 Å². The third kappa shape index (κ3) is 2.47. The van der Waals surface area contributed by atoms with E-state index in [4.69, 9.17) is 11.6 Å². The maximum atomic E-state index is 12.1. The van der Waals surface area contributed by atoms with E-state index in [0.717, 1.165) is 47.0 Å². The van der Waals surface area contributed by atoms with Crippen LogP contribution in [0.5, 0.6) is 0 Å². The summed E-state index contributed by atoms with van der Waals surface area (Å²) in [5.41, 5.74) is 2.63. The fraction of sp³-hybridized carbons (Fsp3) is 0.286. The Morgan fingerprint density at radius 1 is 1.26 bits per heavy atom. The zero-order valence-electron chi connectivity index (χ0n) is 10.2. The number of hydrogen-bond donors (Lipinski definition) is 1. The summed E-state index contributed by atoms with van der Waals surface area (Å²) in [6.07, 6.45) is 3.89. The molecule has 0 saturated carbocycles. The van der Waals surface area contributed by atoms with Gasteiger partial charge in [-0.2, -0.15) is 0 Å². The van der Waals surface area contributed by atoms with Crippen LogP contribution in [0.4, 0.5) is 0 Å². The fourth-order valence-electron chi connectivity index (χ4n) is 2.41. The summed E-state index contributed by atoms with van der Waals surface area (Å²) in [5.74, 6) is 0.606. The van der Waals surface area contributed by atoms with Crippen LogP contribution in [0.25, 0.3) is 11.4 Å². The largest absolute Gasteiger partial charge is 0.306 e. The van der Waals surface area contributed by atoms with E-state index in [1.54, 1.807) is 12.1 Å². The van der Waals surface area contributed by atoms with E-state index in [9.17, 15) is 4.79 Å². The number of nitrogens with one attached hydrogen (secondary N) is 1. The first-order chi connectivity index (χ1) is 9.15. The lowest BCUT2D eigenvalue weighted by molar-refractivity contribution is 0.657. The van der Waals surface area contributed by atoms with Crippen LogP contribution in [0.2, 0.25) is 5.02 Å². The molecule has 3 nitrogen and oxygen atoms in total. The second kappa shape index (κ2) is 5.10. The predicted molar refractivity (Wildman–Crippen MR) is 79.6 cm³/mol. The van der Waals surface area contributed by atoms with Crippen LogP contribution >= 0.6 is 27.5 Å². The van der Waals surface area contributed by atoms with Crippen molar-refractivity contribution in [1.29, 1.82) is 0 Å². The molecule has 1 aromatic carbocycles. The van der Waals surface area contributed by atoms with Gasteiger partial charge in [0.2, 0.25) is 0 Å². The van der Waals surface area contributed by atoms with Crippen molar-refractivity contribution in [2.75, 3.05) is 0 Å². The van der Waals surface area contributed by atoms with Crippen LogP contribution in [0.3, 0.4) is 0 Å². The Kier molecular flexibility index (Phi) is 3.46. The van der Waals surface area contributed by atoms with Gasteiger partial charge in [-0.25, -0.2) is 4.98 Å². The Hall–Kier alpha value is -1.13. The van der Waals surface area contributed by atoms with Gasteiger partial charge in [0.15, 0.2) is 0 Å². The van der Waals surface area contributed by atoms with E-state index in [2.05, 4.69) is 25.9 Å². The van der Waals surface area contributed by atoms with Crippen molar-refractivity contribution in [3.05, 3.63) is 49.3 Å². The van der Waals surface area contributed by atoms with Gasteiger partial charge in [0.25, 0.3) is 5.56 Å². The molecule has 0 radical (unpaired) electrons. The second-order valence-electron chi connectivity index (χ2n) is 4.67. The number of benzene rings is 1. The molecule has 98 valence electrons. The molecule has 2 aromatic rings. The van der Waals surface area contributed by atoms with Crippen molar-refractivity contribution >= 4 is 27.5 Å². The predicted octanol–water partition coefficient (Wildman–Crippen LogP) is 3.73. The number of aromatic amines is 1. The number of hydrogen-bond acceptors (Lipinski definition) is 2. The molecule has 0 atom stereocenters. The van der Waals surface area contributed by atoms with Gasteiger partial charge in [0.05, 0.1) is 5.69 Å². The van der Waals surface area contributed by atoms with E-state index in [-0.39, 0.29) is 5.56 Å². The summed E-state index contributed by atoms with van der Waals surface area (Å²) in [4.78, 5) is 19.6. The molecule has 19 heavy (non-hydrogen) atoms. The summed E-state index contributed by atoms with van der Waals surface area (Å²) in [7, 11) is 0. The Morgan fingerprint density at radius 2 is 2.05 bits per heavy atom. The Bertz CT molecular complexity index is 696. The molecule has 1 aliphatic carbocycles. The summed E-state index contributed by atoms with van der Waals surface area (Å²) in [5, 5.41) is 0.649. The highest BCUT2D eigenvalue weighted by molar-refractivity contribution is 9.10. The van der Waals surface area contributed by atoms with Crippen molar-refractivity contribution in [3.63, 3.8) is 0 Å². The molecule has 0 bridgehead atoms. The molecule has 3 rings (SSSR count). The van der Waals surface area contributed by atoms with Crippen LogP contribution in [0.1, 0.15) is 24.1 Å². The molecule has 1 aromatic heterocycles. The van der Waals surface area contributed by atoms with Gasteiger partial charge in [-0.05, 0) is 59.8 Å². The van der Waals surface area contributed by atoms with Gasteiger partial charge in [-0.15, -0.1) is 0 Å². The Morgan fingerprint density at radius 3 is 2.84 bits per heavy atom. The van der Waals surface area contributed by atoms with Crippen LogP contribution < -0.4 is 5.56 Å². The zero-order chi connectivity index (χ0) is 13.4. The van der Waals surface area contributed by atoms with Crippen LogP contribution in [0, 0.1) is 0 Å². The minimum Gasteiger partial charge on any atom is -0.306 e. The number of halogens is 2. The molecule has 0 amide bonds. The standard InChI is InChI=1S/C14H12BrClN2O/c15-11-7-8(16)5-6-9(11)13-17-12-4-2-1-3-10(12)14(19)18-13/h5-7H,1-4H2,(H,17,18,19). The second-order valence-corrected chi connectivity index (χ2v) is 5.96. The average molecular weight is 340 g/mol. The molecule has 0 aliphatic heterocycles. The minimum absolute atomic E-state index is 0.0125. The van der Waals surface area contributed by atoms with E-state index < -0.39 is 0 Å². The molecule has 0 spiro atoms. The number of rotatable bonds is 1. The monoisotopic (exact) mass is 338 g/mol.